The van der Waals surface area contributed by atoms with E-state index in [-0.39, 0.29) is 12.6 Å². The second-order valence-corrected chi connectivity index (χ2v) is 3.28. The number of hydrogen-bond donors (Lipinski definition) is 2. The van der Waals surface area contributed by atoms with Gasteiger partial charge < -0.3 is 10.4 Å². The van der Waals surface area contributed by atoms with Crippen LogP contribution in [0.15, 0.2) is 18.3 Å². The van der Waals surface area contributed by atoms with Gasteiger partial charge in [0.25, 0.3) is 0 Å². The summed E-state index contributed by atoms with van der Waals surface area (Å²) in [5, 5.41) is 11.9. The van der Waals surface area contributed by atoms with Gasteiger partial charge in [0.1, 0.15) is 5.82 Å². The lowest BCUT2D eigenvalue weighted by Gasteiger charge is -2.12. The maximum absolute atomic E-state index is 8.70. The lowest BCUT2D eigenvalue weighted by molar-refractivity contribution is 0.282. The smallest absolute Gasteiger partial charge is 0.126 e. The number of hydrogen-bond acceptors (Lipinski definition) is 3. The number of aromatic nitrogens is 1. The molecular formula is C10H16N2O. The largest absolute Gasteiger partial charge is 0.396 e. The SMILES string of the molecule is Cc1ccc(NC(C)CCO)nc1. The minimum absolute atomic E-state index is 0.208. The standard InChI is InChI=1S/C10H16N2O/c1-8-3-4-10(11-7-8)12-9(2)5-6-13/h3-4,7,9,13H,5-6H2,1-2H3,(H,11,12). The van der Waals surface area contributed by atoms with E-state index in [4.69, 9.17) is 5.11 Å². The van der Waals surface area contributed by atoms with Crippen LogP contribution in [0.25, 0.3) is 0 Å². The molecule has 1 aromatic heterocycles. The molecule has 72 valence electrons. The second kappa shape index (κ2) is 4.82. The number of anilines is 1. The third-order valence-electron chi connectivity index (χ3n) is 1.87. The van der Waals surface area contributed by atoms with E-state index in [1.54, 1.807) is 0 Å². The zero-order chi connectivity index (χ0) is 9.68. The summed E-state index contributed by atoms with van der Waals surface area (Å²) in [6.45, 7) is 4.24. The molecule has 0 bridgehead atoms. The highest BCUT2D eigenvalue weighted by atomic mass is 16.3. The minimum atomic E-state index is 0.208. The van der Waals surface area contributed by atoms with Crippen molar-refractivity contribution < 1.29 is 5.11 Å². The van der Waals surface area contributed by atoms with Crippen molar-refractivity contribution in [1.29, 1.82) is 0 Å². The molecule has 3 nitrogen and oxygen atoms in total. The van der Waals surface area contributed by atoms with Gasteiger partial charge in [0.05, 0.1) is 0 Å². The molecule has 1 atom stereocenters. The van der Waals surface area contributed by atoms with E-state index < -0.39 is 0 Å². The van der Waals surface area contributed by atoms with Crippen molar-refractivity contribution in [3.63, 3.8) is 0 Å². The van der Waals surface area contributed by atoms with E-state index in [2.05, 4.69) is 10.3 Å². The van der Waals surface area contributed by atoms with Crippen molar-refractivity contribution in [1.82, 2.24) is 4.98 Å². The molecule has 1 rings (SSSR count). The molecule has 0 amide bonds. The summed E-state index contributed by atoms with van der Waals surface area (Å²) in [5.74, 6) is 0.867. The van der Waals surface area contributed by atoms with E-state index in [1.165, 1.54) is 0 Å². The molecule has 0 aliphatic carbocycles. The van der Waals surface area contributed by atoms with Crippen molar-refractivity contribution in [2.45, 2.75) is 26.3 Å². The van der Waals surface area contributed by atoms with Gasteiger partial charge in [-0.25, -0.2) is 4.98 Å². The molecule has 0 radical (unpaired) electrons. The number of aliphatic hydroxyl groups is 1. The summed E-state index contributed by atoms with van der Waals surface area (Å²) in [4.78, 5) is 4.21. The summed E-state index contributed by atoms with van der Waals surface area (Å²) < 4.78 is 0. The van der Waals surface area contributed by atoms with E-state index in [0.717, 1.165) is 17.8 Å². The van der Waals surface area contributed by atoms with Crippen LogP contribution in [-0.4, -0.2) is 22.7 Å². The molecule has 0 aromatic carbocycles. The molecule has 1 aromatic rings. The monoisotopic (exact) mass is 180 g/mol. The Morgan fingerprint density at radius 1 is 1.54 bits per heavy atom. The van der Waals surface area contributed by atoms with Gasteiger partial charge in [-0.1, -0.05) is 6.07 Å². The van der Waals surface area contributed by atoms with Crippen molar-refractivity contribution in [2.75, 3.05) is 11.9 Å². The molecule has 2 N–H and O–H groups in total. The van der Waals surface area contributed by atoms with Crippen LogP contribution in [0.1, 0.15) is 18.9 Å². The first-order chi connectivity index (χ1) is 6.22. The highest BCUT2D eigenvalue weighted by molar-refractivity contribution is 5.35. The molecule has 1 heterocycles. The fourth-order valence-corrected chi connectivity index (χ4v) is 1.07. The second-order valence-electron chi connectivity index (χ2n) is 3.28. The van der Waals surface area contributed by atoms with Crippen LogP contribution in [-0.2, 0) is 0 Å². The van der Waals surface area contributed by atoms with Crippen molar-refractivity contribution in [2.24, 2.45) is 0 Å². The lowest BCUT2D eigenvalue weighted by Crippen LogP contribution is -2.17. The number of pyridine rings is 1. The fraction of sp³-hybridized carbons (Fsp3) is 0.500. The predicted molar refractivity (Wildman–Crippen MR) is 53.8 cm³/mol. The molecule has 0 saturated carbocycles. The van der Waals surface area contributed by atoms with Gasteiger partial charge in [0.2, 0.25) is 0 Å². The van der Waals surface area contributed by atoms with Crippen LogP contribution in [0, 0.1) is 6.92 Å². The van der Waals surface area contributed by atoms with Gasteiger partial charge >= 0.3 is 0 Å². The van der Waals surface area contributed by atoms with Gasteiger partial charge in [-0.15, -0.1) is 0 Å². The molecule has 0 aliphatic heterocycles. The number of nitrogens with one attached hydrogen (secondary N) is 1. The first-order valence-corrected chi connectivity index (χ1v) is 4.52. The summed E-state index contributed by atoms with van der Waals surface area (Å²) in [6, 6.07) is 4.23. The Morgan fingerprint density at radius 2 is 2.31 bits per heavy atom. The molecule has 0 saturated heterocycles. The third kappa shape index (κ3) is 3.42. The maximum atomic E-state index is 8.70. The summed E-state index contributed by atoms with van der Waals surface area (Å²) in [6.07, 6.45) is 2.57. The zero-order valence-electron chi connectivity index (χ0n) is 8.12. The number of aryl methyl sites for hydroxylation is 1. The average Bonchev–Trinajstić information content (AvgIpc) is 2.09. The Hall–Kier alpha value is -1.09. The van der Waals surface area contributed by atoms with Gasteiger partial charge in [-0.2, -0.15) is 0 Å². The van der Waals surface area contributed by atoms with Crippen LogP contribution in [0.2, 0.25) is 0 Å². The zero-order valence-corrected chi connectivity index (χ0v) is 8.12. The summed E-state index contributed by atoms with van der Waals surface area (Å²) in [5.41, 5.74) is 1.15. The Balaban J connectivity index is 2.49. The van der Waals surface area contributed by atoms with E-state index in [0.29, 0.717) is 0 Å². The van der Waals surface area contributed by atoms with Crippen molar-refractivity contribution >= 4 is 5.82 Å². The third-order valence-corrected chi connectivity index (χ3v) is 1.87. The summed E-state index contributed by atoms with van der Waals surface area (Å²) in [7, 11) is 0. The normalized spacial score (nSPS) is 12.5. The molecule has 3 heteroatoms. The quantitative estimate of drug-likeness (QED) is 0.739. The molecule has 0 spiro atoms. The van der Waals surface area contributed by atoms with Crippen LogP contribution < -0.4 is 5.32 Å². The fourth-order valence-electron chi connectivity index (χ4n) is 1.07. The lowest BCUT2D eigenvalue weighted by atomic mass is 10.2. The maximum Gasteiger partial charge on any atom is 0.126 e. The van der Waals surface area contributed by atoms with Crippen LogP contribution in [0.3, 0.4) is 0 Å². The Labute approximate surface area is 78.8 Å². The van der Waals surface area contributed by atoms with Crippen LogP contribution >= 0.6 is 0 Å². The number of rotatable bonds is 4. The van der Waals surface area contributed by atoms with E-state index in [9.17, 15) is 0 Å². The summed E-state index contributed by atoms with van der Waals surface area (Å²) >= 11 is 0. The van der Waals surface area contributed by atoms with Crippen molar-refractivity contribution in [3.05, 3.63) is 23.9 Å². The average molecular weight is 180 g/mol. The Bertz CT molecular complexity index is 246. The molecule has 0 aliphatic rings. The topological polar surface area (TPSA) is 45.1 Å². The number of aliphatic hydroxyl groups excluding tert-OH is 1. The predicted octanol–water partition coefficient (Wildman–Crippen LogP) is 1.57. The molecular weight excluding hydrogens is 164 g/mol. The van der Waals surface area contributed by atoms with Gasteiger partial charge in [0, 0.05) is 18.8 Å². The Kier molecular flexibility index (Phi) is 3.71. The number of nitrogens with zero attached hydrogens (tertiary/aromatic N) is 1. The van der Waals surface area contributed by atoms with Crippen molar-refractivity contribution in [3.8, 4) is 0 Å². The minimum Gasteiger partial charge on any atom is -0.396 e. The van der Waals surface area contributed by atoms with Gasteiger partial charge in [-0.3, -0.25) is 0 Å². The van der Waals surface area contributed by atoms with Crippen LogP contribution in [0.4, 0.5) is 5.82 Å². The first-order valence-electron chi connectivity index (χ1n) is 4.52. The first kappa shape index (κ1) is 9.99. The van der Waals surface area contributed by atoms with E-state index >= 15 is 0 Å². The molecule has 13 heavy (non-hydrogen) atoms. The highest BCUT2D eigenvalue weighted by Crippen LogP contribution is 2.06. The van der Waals surface area contributed by atoms with Gasteiger partial charge in [0.15, 0.2) is 0 Å². The molecule has 1 unspecified atom stereocenters. The Morgan fingerprint density at radius 3 is 2.85 bits per heavy atom. The highest BCUT2D eigenvalue weighted by Gasteiger charge is 2.00. The van der Waals surface area contributed by atoms with Crippen LogP contribution in [0.5, 0.6) is 0 Å². The van der Waals surface area contributed by atoms with Gasteiger partial charge in [-0.05, 0) is 31.9 Å². The van der Waals surface area contributed by atoms with E-state index in [1.807, 2.05) is 32.2 Å². The molecule has 0 fully saturated rings.